The first-order chi connectivity index (χ1) is 12.5. The zero-order chi connectivity index (χ0) is 19.0. The molecule has 1 aliphatic heterocycles. The van der Waals surface area contributed by atoms with Crippen molar-refractivity contribution in [2.75, 3.05) is 46.3 Å². The smallest absolute Gasteiger partial charge is 0.193 e. The Balaban J connectivity index is 1.84. The molecule has 0 aromatic heterocycles. The van der Waals surface area contributed by atoms with Crippen LogP contribution in [0.1, 0.15) is 39.7 Å². The molecule has 2 rings (SSSR count). The summed E-state index contributed by atoms with van der Waals surface area (Å²) in [6.07, 6.45) is 2.34. The van der Waals surface area contributed by atoms with E-state index in [9.17, 15) is 0 Å². The molecule has 0 radical (unpaired) electrons. The van der Waals surface area contributed by atoms with E-state index >= 15 is 0 Å². The Bertz CT molecular complexity index is 549. The minimum absolute atomic E-state index is 0.192. The van der Waals surface area contributed by atoms with E-state index in [0.29, 0.717) is 0 Å². The second kappa shape index (κ2) is 9.96. The molecule has 1 unspecified atom stereocenters. The van der Waals surface area contributed by atoms with Gasteiger partial charge < -0.3 is 15.1 Å². The van der Waals surface area contributed by atoms with Gasteiger partial charge in [-0.1, -0.05) is 58.0 Å². The van der Waals surface area contributed by atoms with Gasteiger partial charge in [0.05, 0.1) is 0 Å². The molecule has 1 aromatic carbocycles. The average molecular weight is 359 g/mol. The summed E-state index contributed by atoms with van der Waals surface area (Å²) < 4.78 is 0. The van der Waals surface area contributed by atoms with Gasteiger partial charge in [0.2, 0.25) is 0 Å². The van der Waals surface area contributed by atoms with E-state index in [-0.39, 0.29) is 5.41 Å². The van der Waals surface area contributed by atoms with Gasteiger partial charge >= 0.3 is 0 Å². The quantitative estimate of drug-likeness (QED) is 0.570. The fourth-order valence-electron chi connectivity index (χ4n) is 3.88. The van der Waals surface area contributed by atoms with Crippen molar-refractivity contribution in [3.05, 3.63) is 35.9 Å². The SMILES string of the molecule is CCN(CC)CC1CCN(C(=NC)NCC(C)(C)Cc2ccccc2)C1. The number of nitrogens with one attached hydrogen (secondary N) is 1. The molecule has 26 heavy (non-hydrogen) atoms. The van der Waals surface area contributed by atoms with E-state index < -0.39 is 0 Å². The Kier molecular flexibility index (Phi) is 7.95. The maximum Gasteiger partial charge on any atom is 0.193 e. The van der Waals surface area contributed by atoms with Crippen molar-refractivity contribution in [2.45, 2.75) is 40.5 Å². The zero-order valence-electron chi connectivity index (χ0n) is 17.5. The van der Waals surface area contributed by atoms with Gasteiger partial charge in [-0.25, -0.2) is 0 Å². The number of guanidine groups is 1. The second-order valence-corrected chi connectivity index (χ2v) is 8.31. The summed E-state index contributed by atoms with van der Waals surface area (Å²) in [5.41, 5.74) is 1.59. The Morgan fingerprint density at radius 3 is 2.54 bits per heavy atom. The van der Waals surface area contributed by atoms with E-state index in [1.165, 1.54) is 18.5 Å². The summed E-state index contributed by atoms with van der Waals surface area (Å²) in [6.45, 7) is 15.8. The molecule has 1 aromatic rings. The number of hydrogen-bond donors (Lipinski definition) is 1. The number of benzene rings is 1. The Labute approximate surface area is 160 Å². The minimum Gasteiger partial charge on any atom is -0.356 e. The van der Waals surface area contributed by atoms with Crippen LogP contribution in [0.5, 0.6) is 0 Å². The molecular formula is C22H38N4. The van der Waals surface area contributed by atoms with Crippen LogP contribution < -0.4 is 5.32 Å². The van der Waals surface area contributed by atoms with Crippen LogP contribution in [0, 0.1) is 11.3 Å². The highest BCUT2D eigenvalue weighted by Gasteiger charge is 2.27. The van der Waals surface area contributed by atoms with Gasteiger partial charge in [0.25, 0.3) is 0 Å². The molecule has 0 saturated carbocycles. The van der Waals surface area contributed by atoms with E-state index in [4.69, 9.17) is 0 Å². The predicted molar refractivity (Wildman–Crippen MR) is 113 cm³/mol. The minimum atomic E-state index is 0.192. The molecule has 1 heterocycles. The molecule has 4 nitrogen and oxygen atoms in total. The summed E-state index contributed by atoms with van der Waals surface area (Å²) in [7, 11) is 1.91. The normalized spacial score (nSPS) is 18.6. The monoisotopic (exact) mass is 358 g/mol. The number of likely N-dealkylation sites (tertiary alicyclic amines) is 1. The van der Waals surface area contributed by atoms with Crippen molar-refractivity contribution in [1.82, 2.24) is 15.1 Å². The molecule has 4 heteroatoms. The van der Waals surface area contributed by atoms with Gasteiger partial charge in [0.15, 0.2) is 5.96 Å². The maximum absolute atomic E-state index is 4.55. The standard InChI is InChI=1S/C22H38N4/c1-6-25(7-2)16-20-13-14-26(17-20)21(23-5)24-18-22(3,4)15-19-11-9-8-10-12-19/h8-12,20H,6-7,13-18H2,1-5H3,(H,23,24). The summed E-state index contributed by atoms with van der Waals surface area (Å²) in [4.78, 5) is 9.52. The Hall–Kier alpha value is -1.55. The van der Waals surface area contributed by atoms with E-state index in [2.05, 4.69) is 78.1 Å². The molecule has 1 atom stereocenters. The van der Waals surface area contributed by atoms with Crippen LogP contribution in [-0.2, 0) is 6.42 Å². The highest BCUT2D eigenvalue weighted by molar-refractivity contribution is 5.80. The fourth-order valence-corrected chi connectivity index (χ4v) is 3.88. The number of hydrogen-bond acceptors (Lipinski definition) is 2. The summed E-state index contributed by atoms with van der Waals surface area (Å²) in [5.74, 6) is 1.82. The number of nitrogens with zero attached hydrogens (tertiary/aromatic N) is 3. The first-order valence-electron chi connectivity index (χ1n) is 10.2. The molecule has 146 valence electrons. The lowest BCUT2D eigenvalue weighted by Gasteiger charge is -2.29. The fraction of sp³-hybridized carbons (Fsp3) is 0.682. The largest absolute Gasteiger partial charge is 0.356 e. The van der Waals surface area contributed by atoms with Gasteiger partial charge in [-0.05, 0) is 42.8 Å². The molecule has 1 aliphatic rings. The molecule has 0 bridgehead atoms. The van der Waals surface area contributed by atoms with E-state index in [1.54, 1.807) is 0 Å². The van der Waals surface area contributed by atoms with Gasteiger partial charge in [-0.15, -0.1) is 0 Å². The lowest BCUT2D eigenvalue weighted by atomic mass is 9.86. The molecule has 0 amide bonds. The van der Waals surface area contributed by atoms with Crippen LogP contribution in [0.15, 0.2) is 35.3 Å². The summed E-state index contributed by atoms with van der Waals surface area (Å²) in [6, 6.07) is 10.8. The predicted octanol–water partition coefficient (Wildman–Crippen LogP) is 3.49. The van der Waals surface area contributed by atoms with E-state index in [0.717, 1.165) is 51.0 Å². The Morgan fingerprint density at radius 1 is 1.23 bits per heavy atom. The van der Waals surface area contributed by atoms with E-state index in [1.807, 2.05) is 7.05 Å². The zero-order valence-corrected chi connectivity index (χ0v) is 17.5. The van der Waals surface area contributed by atoms with Crippen LogP contribution >= 0.6 is 0 Å². The van der Waals surface area contributed by atoms with Crippen LogP contribution in [0.3, 0.4) is 0 Å². The summed E-state index contributed by atoms with van der Waals surface area (Å²) >= 11 is 0. The van der Waals surface area contributed by atoms with Crippen molar-refractivity contribution in [3.63, 3.8) is 0 Å². The third-order valence-electron chi connectivity index (χ3n) is 5.46. The molecule has 0 aliphatic carbocycles. The van der Waals surface area contributed by atoms with Crippen molar-refractivity contribution >= 4 is 5.96 Å². The van der Waals surface area contributed by atoms with Gasteiger partial charge in [0, 0.05) is 33.2 Å². The molecule has 0 spiro atoms. The van der Waals surface area contributed by atoms with Crippen molar-refractivity contribution in [2.24, 2.45) is 16.3 Å². The molecule has 1 fully saturated rings. The van der Waals surface area contributed by atoms with Crippen molar-refractivity contribution in [1.29, 1.82) is 0 Å². The highest BCUT2D eigenvalue weighted by atomic mass is 15.3. The number of aliphatic imine (C=N–C) groups is 1. The average Bonchev–Trinajstić information content (AvgIpc) is 3.09. The first-order valence-corrected chi connectivity index (χ1v) is 10.2. The topological polar surface area (TPSA) is 30.9 Å². The van der Waals surface area contributed by atoms with Gasteiger partial charge in [0.1, 0.15) is 0 Å². The van der Waals surface area contributed by atoms with Crippen LogP contribution in [-0.4, -0.2) is 62.1 Å². The van der Waals surface area contributed by atoms with Crippen LogP contribution in [0.25, 0.3) is 0 Å². The Morgan fingerprint density at radius 2 is 1.92 bits per heavy atom. The van der Waals surface area contributed by atoms with Crippen molar-refractivity contribution in [3.8, 4) is 0 Å². The highest BCUT2D eigenvalue weighted by Crippen LogP contribution is 2.22. The lowest BCUT2D eigenvalue weighted by molar-refractivity contribution is 0.255. The number of rotatable bonds is 8. The van der Waals surface area contributed by atoms with Crippen LogP contribution in [0.4, 0.5) is 0 Å². The third kappa shape index (κ3) is 6.31. The van der Waals surface area contributed by atoms with Gasteiger partial charge in [-0.2, -0.15) is 0 Å². The molecular weight excluding hydrogens is 320 g/mol. The first kappa shape index (κ1) is 20.8. The lowest BCUT2D eigenvalue weighted by Crippen LogP contribution is -2.44. The van der Waals surface area contributed by atoms with Gasteiger partial charge in [-0.3, -0.25) is 4.99 Å². The van der Waals surface area contributed by atoms with Crippen LogP contribution in [0.2, 0.25) is 0 Å². The maximum atomic E-state index is 4.55. The third-order valence-corrected chi connectivity index (χ3v) is 5.46. The molecule has 1 saturated heterocycles. The van der Waals surface area contributed by atoms with Crippen molar-refractivity contribution < 1.29 is 0 Å². The second-order valence-electron chi connectivity index (χ2n) is 8.31. The summed E-state index contributed by atoms with van der Waals surface area (Å²) in [5, 5.41) is 3.64. The molecule has 1 N–H and O–H groups in total.